The number of hydrogen-bond acceptors (Lipinski definition) is 14. The first-order valence-corrected chi connectivity index (χ1v) is 21.6. The number of esters is 4. The molecule has 14 nitrogen and oxygen atoms in total. The van der Waals surface area contributed by atoms with Crippen molar-refractivity contribution in [3.63, 3.8) is 0 Å². The Hall–Kier alpha value is -2.60. The van der Waals surface area contributed by atoms with Crippen LogP contribution in [0.5, 0.6) is 0 Å². The van der Waals surface area contributed by atoms with Gasteiger partial charge in [-0.05, 0) is 49.9 Å². The molecule has 304 valence electrons. The van der Waals surface area contributed by atoms with Crippen molar-refractivity contribution < 1.29 is 64.1 Å². The Bertz CT molecular complexity index is 1520. The molecule has 0 aliphatic carbocycles. The van der Waals surface area contributed by atoms with Crippen LogP contribution >= 0.6 is 0 Å². The van der Waals surface area contributed by atoms with Crippen LogP contribution in [-0.2, 0) is 39.2 Å². The van der Waals surface area contributed by atoms with Gasteiger partial charge in [-0.2, -0.15) is 0 Å². The van der Waals surface area contributed by atoms with Gasteiger partial charge in [0.05, 0.1) is 68.9 Å². The third kappa shape index (κ3) is 26.0. The van der Waals surface area contributed by atoms with E-state index in [1.807, 2.05) is 0 Å². The first kappa shape index (κ1) is 52.4. The average molecular weight is 839 g/mol. The zero-order valence-corrected chi connectivity index (χ0v) is 35.8. The minimum atomic E-state index is -4.34. The molecule has 0 radical (unpaired) electrons. The molecule has 0 amide bonds. The fraction of sp³-hybridized carbons (Fsp3) is 0.579. The molecular formula is C38H54CaO14S2. The van der Waals surface area contributed by atoms with Crippen LogP contribution in [0, 0.1) is 0 Å². The number of hydrogen-bond donors (Lipinski definition) is 0. The molecule has 0 bridgehead atoms. The van der Waals surface area contributed by atoms with E-state index in [1.54, 1.807) is 24.3 Å². The molecule has 0 aliphatic heterocycles. The molecule has 2 rings (SSSR count). The molecule has 0 fully saturated rings. The molecule has 55 heavy (non-hydrogen) atoms. The van der Waals surface area contributed by atoms with Crippen LogP contribution in [0.15, 0.2) is 48.5 Å². The second-order valence-electron chi connectivity index (χ2n) is 12.4. The van der Waals surface area contributed by atoms with Crippen molar-refractivity contribution >= 4 is 81.9 Å². The van der Waals surface area contributed by atoms with Gasteiger partial charge in [0.25, 0.3) is 0 Å². The second-order valence-corrected chi connectivity index (χ2v) is 15.4. The van der Waals surface area contributed by atoms with Crippen LogP contribution in [0.2, 0.25) is 0 Å². The number of benzene rings is 2. The van der Waals surface area contributed by atoms with Gasteiger partial charge in [-0.1, -0.05) is 102 Å². The SMILES string of the molecule is CCCCCCCCOC(=O)c1ccccc1C(=O)OCCCS(=O)(=O)[O-].CCCCCCCCOC(=O)c1ccccc1C(=O)OCCCS(=O)(=O)[O-].[Ca+2]. The molecule has 0 aliphatic rings. The molecule has 0 saturated carbocycles. The minimum absolute atomic E-state index is 0. The Morgan fingerprint density at radius 1 is 0.436 bits per heavy atom. The van der Waals surface area contributed by atoms with Crippen molar-refractivity contribution in [2.45, 2.75) is 104 Å². The van der Waals surface area contributed by atoms with Gasteiger partial charge in [-0.3, -0.25) is 0 Å². The third-order valence-electron chi connectivity index (χ3n) is 7.74. The van der Waals surface area contributed by atoms with Gasteiger partial charge in [-0.15, -0.1) is 0 Å². The number of unbranched alkanes of at least 4 members (excludes halogenated alkanes) is 10. The Labute approximate surface area is 355 Å². The van der Waals surface area contributed by atoms with Gasteiger partial charge in [-0.25, -0.2) is 36.0 Å². The summed E-state index contributed by atoms with van der Waals surface area (Å²) >= 11 is 0. The molecule has 0 N–H and O–H groups in total. The van der Waals surface area contributed by atoms with Crippen LogP contribution in [0.3, 0.4) is 0 Å². The minimum Gasteiger partial charge on any atom is -0.748 e. The van der Waals surface area contributed by atoms with Crippen molar-refractivity contribution in [1.82, 2.24) is 0 Å². The summed E-state index contributed by atoms with van der Waals surface area (Å²) < 4.78 is 83.5. The summed E-state index contributed by atoms with van der Waals surface area (Å²) in [6.45, 7) is 4.43. The zero-order chi connectivity index (χ0) is 40.2. The first-order chi connectivity index (χ1) is 25.7. The maximum atomic E-state index is 12.2. The van der Waals surface area contributed by atoms with E-state index in [0.29, 0.717) is 0 Å². The fourth-order valence-electron chi connectivity index (χ4n) is 4.88. The molecular weight excluding hydrogens is 785 g/mol. The van der Waals surface area contributed by atoms with Gasteiger partial charge in [0.1, 0.15) is 0 Å². The topological polar surface area (TPSA) is 220 Å². The Morgan fingerprint density at radius 3 is 0.927 bits per heavy atom. The largest absolute Gasteiger partial charge is 2.00 e. The van der Waals surface area contributed by atoms with Gasteiger partial charge >= 0.3 is 61.6 Å². The quantitative estimate of drug-likeness (QED) is 0.0338. The number of carbonyl (C=O) groups excluding carboxylic acids is 4. The number of rotatable bonds is 26. The summed E-state index contributed by atoms with van der Waals surface area (Å²) in [7, 11) is -8.69. The summed E-state index contributed by atoms with van der Waals surface area (Å²) in [5.41, 5.74) is 0.306. The monoisotopic (exact) mass is 838 g/mol. The van der Waals surface area contributed by atoms with E-state index in [9.17, 15) is 45.1 Å². The Morgan fingerprint density at radius 2 is 0.673 bits per heavy atom. The molecule has 2 aromatic carbocycles. The standard InChI is InChI=1S/2C19H28O7S.Ca/c2*1-2-3-4-5-6-9-13-25-18(20)16-11-7-8-12-17(16)19(21)26-14-10-15-27(22,23)24;/h2*7-8,11-12H,2-6,9-10,13-15H2,1H3,(H,22,23,24);/q;;+2/p-2. The molecule has 0 spiro atoms. The molecule has 17 heteroatoms. The molecule has 0 unspecified atom stereocenters. The van der Waals surface area contributed by atoms with Gasteiger partial charge in [0, 0.05) is 11.5 Å². The Balaban J connectivity index is 0.00000104. The zero-order valence-electron chi connectivity index (χ0n) is 32.0. The molecule has 0 heterocycles. The summed E-state index contributed by atoms with van der Waals surface area (Å²) in [5, 5.41) is 0. The Kier molecular flexibility index (Phi) is 29.1. The average Bonchev–Trinajstić information content (AvgIpc) is 3.13. The van der Waals surface area contributed by atoms with Crippen LogP contribution < -0.4 is 0 Å². The number of carbonyl (C=O) groups is 4. The predicted molar refractivity (Wildman–Crippen MR) is 205 cm³/mol. The van der Waals surface area contributed by atoms with Crippen molar-refractivity contribution in [1.29, 1.82) is 0 Å². The van der Waals surface area contributed by atoms with Crippen LogP contribution in [0.25, 0.3) is 0 Å². The van der Waals surface area contributed by atoms with Crippen molar-refractivity contribution in [2.75, 3.05) is 37.9 Å². The van der Waals surface area contributed by atoms with E-state index in [2.05, 4.69) is 13.8 Å². The summed E-state index contributed by atoms with van der Waals surface area (Å²) in [6.07, 6.45) is 12.6. The van der Waals surface area contributed by atoms with Crippen LogP contribution in [0.4, 0.5) is 0 Å². The molecule has 0 atom stereocenters. The molecule has 0 saturated heterocycles. The van der Waals surface area contributed by atoms with E-state index < -0.39 is 55.6 Å². The summed E-state index contributed by atoms with van der Waals surface area (Å²) in [5.74, 6) is -3.93. The van der Waals surface area contributed by atoms with Crippen molar-refractivity contribution in [2.24, 2.45) is 0 Å². The normalized spacial score (nSPS) is 11.0. The third-order valence-corrected chi connectivity index (χ3v) is 9.32. The van der Waals surface area contributed by atoms with Crippen molar-refractivity contribution in [3.05, 3.63) is 70.8 Å². The van der Waals surface area contributed by atoms with Gasteiger partial charge < -0.3 is 28.1 Å². The predicted octanol–water partition coefficient (Wildman–Crippen LogP) is 6.21. The van der Waals surface area contributed by atoms with E-state index in [0.717, 1.165) is 38.5 Å². The summed E-state index contributed by atoms with van der Waals surface area (Å²) in [6, 6.07) is 12.2. The second kappa shape index (κ2) is 30.5. The van der Waals surface area contributed by atoms with E-state index in [1.165, 1.54) is 62.8 Å². The van der Waals surface area contributed by atoms with Crippen LogP contribution in [-0.4, -0.2) is 125 Å². The molecule has 2 aromatic rings. The number of ether oxygens (including phenoxy) is 4. The summed E-state index contributed by atoms with van der Waals surface area (Å²) in [4.78, 5) is 48.7. The van der Waals surface area contributed by atoms with Gasteiger partial charge in [0.2, 0.25) is 0 Å². The fourth-order valence-corrected chi connectivity index (χ4v) is 5.83. The smallest absolute Gasteiger partial charge is 0.748 e. The van der Waals surface area contributed by atoms with Crippen molar-refractivity contribution in [3.8, 4) is 0 Å². The van der Waals surface area contributed by atoms with E-state index >= 15 is 0 Å². The first-order valence-electron chi connectivity index (χ1n) is 18.4. The maximum Gasteiger partial charge on any atom is 2.00 e. The maximum absolute atomic E-state index is 12.2. The molecule has 0 aromatic heterocycles. The van der Waals surface area contributed by atoms with E-state index in [-0.39, 0.29) is 99.3 Å². The van der Waals surface area contributed by atoms with Crippen LogP contribution in [0.1, 0.15) is 145 Å². The van der Waals surface area contributed by atoms with Gasteiger partial charge in [0.15, 0.2) is 0 Å². The van der Waals surface area contributed by atoms with E-state index in [4.69, 9.17) is 18.9 Å².